The summed E-state index contributed by atoms with van der Waals surface area (Å²) in [6, 6.07) is 120. The average molecular weight is 1350 g/mol. The van der Waals surface area contributed by atoms with Crippen LogP contribution in [0.2, 0.25) is 0 Å². The Kier molecular flexibility index (Phi) is 25.7. The summed E-state index contributed by atoms with van der Waals surface area (Å²) in [5.74, 6) is 0.573. The second kappa shape index (κ2) is 34.0. The van der Waals surface area contributed by atoms with E-state index in [0.29, 0.717) is 5.92 Å². The van der Waals surface area contributed by atoms with E-state index in [9.17, 15) is 0 Å². The van der Waals surface area contributed by atoms with Gasteiger partial charge in [0.2, 0.25) is 0 Å². The lowest BCUT2D eigenvalue weighted by Crippen LogP contribution is -2.13. The predicted octanol–water partition coefficient (Wildman–Crippen LogP) is 26.0. The van der Waals surface area contributed by atoms with Gasteiger partial charge in [-0.25, -0.2) is 0 Å². The van der Waals surface area contributed by atoms with Crippen molar-refractivity contribution in [3.63, 3.8) is 0 Å². The molecule has 0 nitrogen and oxygen atoms in total. The molecule has 0 unspecified atom stereocenters. The lowest BCUT2D eigenvalue weighted by Gasteiger charge is -2.21. The first kappa shape index (κ1) is 73.3. The molecule has 0 saturated carbocycles. The van der Waals surface area contributed by atoms with Crippen LogP contribution >= 0.6 is 0 Å². The molecule has 0 aliphatic heterocycles. The van der Waals surface area contributed by atoms with Gasteiger partial charge < -0.3 is 0 Å². The standard InChI is InChI=1S/C30H39S.C22H23S.C21H21S.C20H19S/c1-28(2,3)22-10-16-25(17-11-22)31(26-18-12-23(13-19-26)29(4,5)6)27-20-14-24(15-21-27)30(7,8)9;1-22(2,3)18-14-16-21(17-15-18)23(19-10-6-4-7-11-19)20-12-8-5-9-13-20;1-17(2)18-13-15-21(16-14-18)22(19-9-5-3-6-10-19)20-11-7-4-8-12-20;1-2-17-13-15-20(16-14-17)21(18-9-5-3-6-10-18)19-11-7-4-8-12-19/h10-21H,1-9H3;4-17H,1-3H3;3-17H,1-2H3;3-16H,2H2,1H3/q4*+1. The molecule has 4 heteroatoms. The van der Waals surface area contributed by atoms with E-state index in [1.807, 2.05) is 0 Å². The molecule has 0 heterocycles. The van der Waals surface area contributed by atoms with Crippen LogP contribution in [0.4, 0.5) is 0 Å². The zero-order chi connectivity index (χ0) is 69.2. The fourth-order valence-electron chi connectivity index (χ4n) is 11.2. The molecular weight excluding hydrogens is 1250 g/mol. The Labute approximate surface area is 596 Å². The third-order valence-corrected chi connectivity index (χ3v) is 26.0. The van der Waals surface area contributed by atoms with Crippen LogP contribution < -0.4 is 0 Å². The van der Waals surface area contributed by atoms with Gasteiger partial charge in [0.1, 0.15) is 0 Å². The maximum absolute atomic E-state index is 2.33. The van der Waals surface area contributed by atoms with Gasteiger partial charge in [-0.2, -0.15) is 0 Å². The SMILES string of the molecule is CC(C)(C)c1ccc([S+](c2ccc(C(C)(C)C)cc2)c2ccc(C(C)(C)C)cc2)cc1.CC(C)(C)c1ccc([S+](c2ccccc2)c2ccccc2)cc1.CC(C)c1ccc([S+](c2ccccc2)c2ccccc2)cc1.CCc1ccc([S+](c2ccccc2)c2ccccc2)cc1. The molecule has 0 aliphatic carbocycles. The largest absolute Gasteiger partial charge is 0.166 e. The predicted molar refractivity (Wildman–Crippen MR) is 424 cm³/mol. The molecule has 0 bridgehead atoms. The molecule has 0 aliphatic rings. The van der Waals surface area contributed by atoms with E-state index >= 15 is 0 Å². The van der Waals surface area contributed by atoms with Crippen LogP contribution in [-0.2, 0) is 71.7 Å². The molecule has 0 radical (unpaired) electrons. The molecule has 0 amide bonds. The third kappa shape index (κ3) is 20.6. The van der Waals surface area contributed by atoms with Crippen molar-refractivity contribution < 1.29 is 0 Å². The summed E-state index contributed by atoms with van der Waals surface area (Å²) in [6.07, 6.45) is 1.09. The monoisotopic (exact) mass is 1350 g/mol. The minimum atomic E-state index is -0.120. The Bertz CT molecular complexity index is 3970. The molecule has 0 saturated heterocycles. The van der Waals surface area contributed by atoms with Gasteiger partial charge in [-0.15, -0.1) is 0 Å². The van der Waals surface area contributed by atoms with E-state index in [1.165, 1.54) is 92.1 Å². The van der Waals surface area contributed by atoms with Crippen LogP contribution in [0.5, 0.6) is 0 Å². The molecule has 0 aromatic heterocycles. The highest BCUT2D eigenvalue weighted by Gasteiger charge is 2.33. The quantitative estimate of drug-likeness (QED) is 0.0952. The van der Waals surface area contributed by atoms with Crippen molar-refractivity contribution >= 4 is 43.6 Å². The fourth-order valence-corrected chi connectivity index (χ4v) is 19.5. The number of benzene rings is 12. The van der Waals surface area contributed by atoms with E-state index < -0.39 is 0 Å². The molecular formula is C93H102S4+4. The van der Waals surface area contributed by atoms with Gasteiger partial charge in [-0.3, -0.25) is 0 Å². The second-order valence-electron chi connectivity index (χ2n) is 28.9. The molecule has 12 aromatic rings. The Balaban J connectivity index is 0.000000153. The normalized spacial score (nSPS) is 11.8. The van der Waals surface area contributed by atoms with Gasteiger partial charge in [0, 0.05) is 0 Å². The minimum Gasteiger partial charge on any atom is -0.0619 e. The number of rotatable bonds is 14. The maximum Gasteiger partial charge on any atom is 0.166 e. The van der Waals surface area contributed by atoms with E-state index in [-0.39, 0.29) is 65.2 Å². The zero-order valence-electron chi connectivity index (χ0n) is 60.1. The third-order valence-electron chi connectivity index (χ3n) is 17.0. The van der Waals surface area contributed by atoms with Crippen molar-refractivity contribution in [2.24, 2.45) is 0 Å². The highest BCUT2D eigenvalue weighted by atomic mass is 32.2. The Hall–Kier alpha value is -7.96. The van der Waals surface area contributed by atoms with Crippen LogP contribution in [0.1, 0.15) is 143 Å². The second-order valence-corrected chi connectivity index (χ2v) is 37.0. The average Bonchev–Trinajstić information content (AvgIpc) is 0.827. The van der Waals surface area contributed by atoms with Crippen LogP contribution in [0.3, 0.4) is 0 Å². The molecule has 97 heavy (non-hydrogen) atoms. The van der Waals surface area contributed by atoms with E-state index in [0.717, 1.165) is 6.42 Å². The van der Waals surface area contributed by atoms with Crippen molar-refractivity contribution in [1.29, 1.82) is 0 Å². The minimum absolute atomic E-state index is 0.0249. The fraction of sp³-hybridized carbons (Fsp3) is 0.226. The van der Waals surface area contributed by atoms with E-state index in [4.69, 9.17) is 0 Å². The smallest absolute Gasteiger partial charge is 0.0619 e. The van der Waals surface area contributed by atoms with Crippen LogP contribution in [-0.4, -0.2) is 0 Å². The van der Waals surface area contributed by atoms with Crippen molar-refractivity contribution in [3.8, 4) is 0 Å². The molecule has 0 atom stereocenters. The first-order chi connectivity index (χ1) is 46.5. The molecule has 12 aromatic carbocycles. The molecule has 0 N–H and O–H groups in total. The van der Waals surface area contributed by atoms with E-state index in [2.05, 4.69) is 431 Å². The Morgan fingerprint density at radius 1 is 0.206 bits per heavy atom. The van der Waals surface area contributed by atoms with Gasteiger partial charge in [-0.1, -0.05) is 286 Å². The van der Waals surface area contributed by atoms with Crippen molar-refractivity contribution in [2.45, 2.75) is 197 Å². The van der Waals surface area contributed by atoms with Gasteiger partial charge in [0.25, 0.3) is 0 Å². The molecule has 12 rings (SSSR count). The summed E-state index contributed by atoms with van der Waals surface area (Å²) in [4.78, 5) is 16.4. The molecule has 0 fully saturated rings. The highest BCUT2D eigenvalue weighted by Crippen LogP contribution is 2.38. The lowest BCUT2D eigenvalue weighted by molar-refractivity contribution is 0.589. The maximum atomic E-state index is 2.33. The van der Waals surface area contributed by atoms with Gasteiger partial charge in [0.15, 0.2) is 58.7 Å². The van der Waals surface area contributed by atoms with Gasteiger partial charge in [-0.05, 0) is 213 Å². The van der Waals surface area contributed by atoms with E-state index in [1.54, 1.807) is 0 Å². The number of hydrogen-bond donors (Lipinski definition) is 0. The van der Waals surface area contributed by atoms with Gasteiger partial charge in [0.05, 0.1) is 43.6 Å². The summed E-state index contributed by atoms with van der Waals surface area (Å²) >= 11 is 0. The summed E-state index contributed by atoms with van der Waals surface area (Å²) in [7, 11) is -0.231. The van der Waals surface area contributed by atoms with Crippen LogP contribution in [0, 0.1) is 0 Å². The number of aryl methyl sites for hydroxylation is 1. The topological polar surface area (TPSA) is 0 Å². The first-order valence-electron chi connectivity index (χ1n) is 34.3. The summed E-state index contributed by atoms with van der Waals surface area (Å²) in [5.41, 5.74) is 9.00. The van der Waals surface area contributed by atoms with Crippen molar-refractivity contribution in [3.05, 3.63) is 361 Å². The molecule has 0 spiro atoms. The van der Waals surface area contributed by atoms with Crippen LogP contribution in [0.15, 0.2) is 386 Å². The number of hydrogen-bond acceptors (Lipinski definition) is 0. The first-order valence-corrected chi connectivity index (χ1v) is 39.2. The summed E-state index contributed by atoms with van der Waals surface area (Å²) in [6.45, 7) is 33.9. The van der Waals surface area contributed by atoms with Gasteiger partial charge >= 0.3 is 0 Å². The van der Waals surface area contributed by atoms with Crippen molar-refractivity contribution in [1.82, 2.24) is 0 Å². The zero-order valence-corrected chi connectivity index (χ0v) is 63.4. The highest BCUT2D eigenvalue weighted by molar-refractivity contribution is 7.98. The lowest BCUT2D eigenvalue weighted by atomic mass is 9.87. The van der Waals surface area contributed by atoms with Crippen LogP contribution in [0.25, 0.3) is 0 Å². The Morgan fingerprint density at radius 3 is 0.515 bits per heavy atom. The summed E-state index contributed by atoms with van der Waals surface area (Å²) in [5, 5.41) is 0. The molecule has 494 valence electrons. The Morgan fingerprint density at radius 2 is 0.361 bits per heavy atom. The summed E-state index contributed by atoms with van der Waals surface area (Å²) < 4.78 is 0. The van der Waals surface area contributed by atoms with Crippen molar-refractivity contribution in [2.75, 3.05) is 0 Å².